The average molecular weight is 362 g/mol. The van der Waals surface area contributed by atoms with E-state index in [9.17, 15) is 4.79 Å². The number of rotatable bonds is 5. The van der Waals surface area contributed by atoms with Gasteiger partial charge >= 0.3 is 0 Å². The molecule has 1 aliphatic rings. The van der Waals surface area contributed by atoms with E-state index in [2.05, 4.69) is 22.5 Å². The van der Waals surface area contributed by atoms with Gasteiger partial charge in [-0.25, -0.2) is 0 Å². The highest BCUT2D eigenvalue weighted by Crippen LogP contribution is 2.23. The molecule has 6 heteroatoms. The predicted molar refractivity (Wildman–Crippen MR) is 103 cm³/mol. The molecule has 0 aliphatic carbocycles. The molecule has 1 saturated heterocycles. The molecular weight excluding hydrogens is 338 g/mol. The number of hydrogen-bond acceptors (Lipinski definition) is 4. The zero-order valence-electron chi connectivity index (χ0n) is 14.3. The van der Waals surface area contributed by atoms with Crippen LogP contribution in [0.3, 0.4) is 0 Å². The molecule has 0 bridgehead atoms. The van der Waals surface area contributed by atoms with Gasteiger partial charge in [-0.3, -0.25) is 9.69 Å². The van der Waals surface area contributed by atoms with Gasteiger partial charge in [-0.15, -0.1) is 12.4 Å². The number of amides is 1. The van der Waals surface area contributed by atoms with E-state index in [0.29, 0.717) is 18.3 Å². The maximum Gasteiger partial charge on any atom is 0.238 e. The zero-order chi connectivity index (χ0) is 16.8. The van der Waals surface area contributed by atoms with Crippen molar-refractivity contribution in [3.8, 4) is 11.5 Å². The van der Waals surface area contributed by atoms with E-state index in [1.807, 2.05) is 54.6 Å². The van der Waals surface area contributed by atoms with E-state index in [0.717, 1.165) is 31.1 Å². The van der Waals surface area contributed by atoms with Crippen molar-refractivity contribution >= 4 is 24.0 Å². The summed E-state index contributed by atoms with van der Waals surface area (Å²) in [6.07, 6.45) is 0. The molecule has 1 amide bonds. The summed E-state index contributed by atoms with van der Waals surface area (Å²) in [4.78, 5) is 14.5. The number of anilines is 1. The third-order valence-corrected chi connectivity index (χ3v) is 4.08. The van der Waals surface area contributed by atoms with Crippen LogP contribution in [0.2, 0.25) is 0 Å². The number of halogens is 1. The van der Waals surface area contributed by atoms with Crippen LogP contribution in [0, 0.1) is 0 Å². The van der Waals surface area contributed by atoms with Crippen LogP contribution in [0.25, 0.3) is 0 Å². The summed E-state index contributed by atoms with van der Waals surface area (Å²) in [6.45, 7) is 5.29. The summed E-state index contributed by atoms with van der Waals surface area (Å²) in [5.74, 6) is 1.48. The van der Waals surface area contributed by atoms with Crippen molar-refractivity contribution in [1.82, 2.24) is 10.2 Å². The smallest absolute Gasteiger partial charge is 0.238 e. The fraction of sp³-hybridized carbons (Fsp3) is 0.316. The molecule has 1 atom stereocenters. The maximum atomic E-state index is 12.3. The average Bonchev–Trinajstić information content (AvgIpc) is 2.58. The molecule has 5 nitrogen and oxygen atoms in total. The van der Waals surface area contributed by atoms with Gasteiger partial charge in [-0.2, -0.15) is 0 Å². The molecule has 0 unspecified atom stereocenters. The van der Waals surface area contributed by atoms with Crippen molar-refractivity contribution < 1.29 is 9.53 Å². The second-order valence-electron chi connectivity index (χ2n) is 6.01. The third-order valence-electron chi connectivity index (χ3n) is 4.08. The van der Waals surface area contributed by atoms with Crippen molar-refractivity contribution in [3.05, 3.63) is 54.6 Å². The Morgan fingerprint density at radius 3 is 2.72 bits per heavy atom. The summed E-state index contributed by atoms with van der Waals surface area (Å²) in [5.41, 5.74) is 0.746. The molecule has 0 saturated carbocycles. The molecule has 2 aromatic carbocycles. The molecular formula is C19H24ClN3O2. The maximum absolute atomic E-state index is 12.3. The lowest BCUT2D eigenvalue weighted by Gasteiger charge is -2.33. The third kappa shape index (κ3) is 5.74. The Labute approximate surface area is 154 Å². The van der Waals surface area contributed by atoms with Gasteiger partial charge in [0.15, 0.2) is 0 Å². The molecule has 0 aromatic heterocycles. The van der Waals surface area contributed by atoms with Crippen LogP contribution in [-0.4, -0.2) is 43.0 Å². The topological polar surface area (TPSA) is 53.6 Å². The first-order valence-corrected chi connectivity index (χ1v) is 8.28. The molecule has 25 heavy (non-hydrogen) atoms. The van der Waals surface area contributed by atoms with Gasteiger partial charge in [-0.1, -0.05) is 24.3 Å². The van der Waals surface area contributed by atoms with Crippen LogP contribution >= 0.6 is 12.4 Å². The van der Waals surface area contributed by atoms with E-state index in [4.69, 9.17) is 4.74 Å². The summed E-state index contributed by atoms with van der Waals surface area (Å²) in [5, 5.41) is 6.28. The zero-order valence-corrected chi connectivity index (χ0v) is 15.1. The van der Waals surface area contributed by atoms with Crippen molar-refractivity contribution in [1.29, 1.82) is 0 Å². The highest BCUT2D eigenvalue weighted by molar-refractivity contribution is 5.92. The monoisotopic (exact) mass is 361 g/mol. The highest BCUT2D eigenvalue weighted by atomic mass is 35.5. The number of piperazine rings is 1. The van der Waals surface area contributed by atoms with Gasteiger partial charge in [0.05, 0.1) is 6.54 Å². The molecule has 2 N–H and O–H groups in total. The predicted octanol–water partition coefficient (Wildman–Crippen LogP) is 3.13. The van der Waals surface area contributed by atoms with Gasteiger partial charge in [0.1, 0.15) is 11.5 Å². The van der Waals surface area contributed by atoms with Crippen LogP contribution in [-0.2, 0) is 4.79 Å². The van der Waals surface area contributed by atoms with Crippen LogP contribution in [0.4, 0.5) is 5.69 Å². The van der Waals surface area contributed by atoms with Gasteiger partial charge in [0, 0.05) is 37.4 Å². The van der Waals surface area contributed by atoms with E-state index in [-0.39, 0.29) is 18.3 Å². The van der Waals surface area contributed by atoms with Gasteiger partial charge in [0.25, 0.3) is 0 Å². The fourth-order valence-corrected chi connectivity index (χ4v) is 2.76. The molecule has 3 rings (SSSR count). The Morgan fingerprint density at radius 1 is 1.20 bits per heavy atom. The molecule has 0 radical (unpaired) electrons. The normalized spacial score (nSPS) is 17.4. The van der Waals surface area contributed by atoms with Crippen LogP contribution in [0.15, 0.2) is 54.6 Å². The summed E-state index contributed by atoms with van der Waals surface area (Å²) in [6, 6.07) is 17.4. The minimum atomic E-state index is 0. The number of ether oxygens (including phenoxy) is 1. The van der Waals surface area contributed by atoms with Crippen LogP contribution in [0.5, 0.6) is 11.5 Å². The molecule has 1 fully saturated rings. The summed E-state index contributed by atoms with van der Waals surface area (Å²) in [7, 11) is 0. The first-order chi connectivity index (χ1) is 11.7. The minimum Gasteiger partial charge on any atom is -0.457 e. The van der Waals surface area contributed by atoms with Gasteiger partial charge in [-0.05, 0) is 31.2 Å². The molecule has 2 aromatic rings. The largest absolute Gasteiger partial charge is 0.457 e. The number of carbonyl (C=O) groups is 1. The Kier molecular flexibility index (Phi) is 7.25. The first kappa shape index (κ1) is 19.2. The van der Waals surface area contributed by atoms with Crippen molar-refractivity contribution in [2.45, 2.75) is 13.0 Å². The number of carbonyl (C=O) groups excluding carboxylic acids is 1. The van der Waals surface area contributed by atoms with E-state index < -0.39 is 0 Å². The SMILES string of the molecule is C[C@@H]1CNCCN1CC(=O)Nc1cccc(Oc2ccccc2)c1.Cl. The van der Waals surface area contributed by atoms with Crippen LogP contribution < -0.4 is 15.4 Å². The Balaban J connectivity index is 0.00000225. The molecule has 134 valence electrons. The van der Waals surface area contributed by atoms with E-state index in [1.54, 1.807) is 0 Å². The lowest BCUT2D eigenvalue weighted by atomic mass is 10.2. The fourth-order valence-electron chi connectivity index (χ4n) is 2.76. The molecule has 1 heterocycles. The van der Waals surface area contributed by atoms with Crippen molar-refractivity contribution in [2.24, 2.45) is 0 Å². The van der Waals surface area contributed by atoms with E-state index >= 15 is 0 Å². The lowest BCUT2D eigenvalue weighted by molar-refractivity contribution is -0.118. The second-order valence-corrected chi connectivity index (χ2v) is 6.01. The lowest BCUT2D eigenvalue weighted by Crippen LogP contribution is -2.51. The van der Waals surface area contributed by atoms with Crippen molar-refractivity contribution in [2.75, 3.05) is 31.5 Å². The van der Waals surface area contributed by atoms with Gasteiger partial charge < -0.3 is 15.4 Å². The quantitative estimate of drug-likeness (QED) is 0.859. The minimum absolute atomic E-state index is 0. The Hall–Kier alpha value is -2.08. The number of benzene rings is 2. The first-order valence-electron chi connectivity index (χ1n) is 8.28. The molecule has 0 spiro atoms. The standard InChI is InChI=1S/C19H23N3O2.ClH/c1-15-13-20-10-11-22(15)14-19(23)21-16-6-5-9-18(12-16)24-17-7-3-2-4-8-17;/h2-9,12,15,20H,10-11,13-14H2,1H3,(H,21,23);1H/t15-;/m1./s1. The summed E-state index contributed by atoms with van der Waals surface area (Å²) < 4.78 is 5.80. The van der Waals surface area contributed by atoms with E-state index in [1.165, 1.54) is 0 Å². The van der Waals surface area contributed by atoms with Gasteiger partial charge in [0.2, 0.25) is 5.91 Å². The number of hydrogen-bond donors (Lipinski definition) is 2. The Morgan fingerprint density at radius 2 is 1.96 bits per heavy atom. The number of nitrogens with one attached hydrogen (secondary N) is 2. The van der Waals surface area contributed by atoms with Crippen LogP contribution in [0.1, 0.15) is 6.92 Å². The number of para-hydroxylation sites is 1. The molecule has 1 aliphatic heterocycles. The van der Waals surface area contributed by atoms with Crippen molar-refractivity contribution in [3.63, 3.8) is 0 Å². The number of nitrogens with zero attached hydrogens (tertiary/aromatic N) is 1. The second kappa shape index (κ2) is 9.42. The Bertz CT molecular complexity index is 681. The summed E-state index contributed by atoms with van der Waals surface area (Å²) >= 11 is 0. The highest BCUT2D eigenvalue weighted by Gasteiger charge is 2.20.